The third-order valence-corrected chi connectivity index (χ3v) is 5.87. The largest absolute Gasteiger partial charge is 0.355 e. The van der Waals surface area contributed by atoms with Crippen molar-refractivity contribution in [3.05, 3.63) is 29.2 Å². The summed E-state index contributed by atoms with van der Waals surface area (Å²) in [6.07, 6.45) is 10.4. The Balaban J connectivity index is 1.41. The lowest BCUT2D eigenvalue weighted by atomic mass is 9.96. The lowest BCUT2D eigenvalue weighted by Gasteiger charge is -2.32. The third-order valence-electron chi connectivity index (χ3n) is 4.93. The van der Waals surface area contributed by atoms with E-state index in [4.69, 9.17) is 0 Å². The number of fused-ring (bicyclic) bond motifs is 1. The van der Waals surface area contributed by atoms with Crippen molar-refractivity contribution in [3.63, 3.8) is 0 Å². The second-order valence-electron chi connectivity index (χ2n) is 6.42. The molecule has 1 saturated carbocycles. The zero-order chi connectivity index (χ0) is 15.2. The van der Waals surface area contributed by atoms with Crippen molar-refractivity contribution in [3.8, 4) is 0 Å². The molecule has 23 heavy (non-hydrogen) atoms. The number of hydrogen-bond donors (Lipinski definition) is 0. The Kier molecular flexibility index (Phi) is 3.07. The molecule has 1 aliphatic heterocycles. The van der Waals surface area contributed by atoms with Gasteiger partial charge < -0.3 is 9.47 Å². The van der Waals surface area contributed by atoms with Crippen LogP contribution in [0, 0.1) is 0 Å². The van der Waals surface area contributed by atoms with Gasteiger partial charge in [-0.25, -0.2) is 15.0 Å². The Morgan fingerprint density at radius 1 is 1.04 bits per heavy atom. The highest BCUT2D eigenvalue weighted by atomic mass is 32.1. The van der Waals surface area contributed by atoms with Gasteiger partial charge in [-0.2, -0.15) is 0 Å². The summed E-state index contributed by atoms with van der Waals surface area (Å²) in [6.45, 7) is 2.04. The maximum Gasteiger partial charge on any atom is 0.165 e. The zero-order valence-electron chi connectivity index (χ0n) is 12.8. The molecule has 0 radical (unpaired) electrons. The summed E-state index contributed by atoms with van der Waals surface area (Å²) < 4.78 is 2.21. The number of nitrogens with zero attached hydrogens (tertiary/aromatic N) is 6. The summed E-state index contributed by atoms with van der Waals surface area (Å²) in [7, 11) is 0. The molecule has 0 spiro atoms. The van der Waals surface area contributed by atoms with E-state index >= 15 is 0 Å². The molecule has 6 nitrogen and oxygen atoms in total. The average Bonchev–Trinajstić information content (AvgIpc) is 3.13. The fourth-order valence-electron chi connectivity index (χ4n) is 3.49. The van der Waals surface area contributed by atoms with Crippen LogP contribution in [0.3, 0.4) is 0 Å². The number of aromatic nitrogens is 5. The van der Waals surface area contributed by atoms with E-state index in [1.807, 2.05) is 18.0 Å². The Morgan fingerprint density at radius 2 is 1.91 bits per heavy atom. The molecule has 7 heteroatoms. The molecule has 118 valence electrons. The van der Waals surface area contributed by atoms with Gasteiger partial charge in [0.25, 0.3) is 0 Å². The summed E-state index contributed by atoms with van der Waals surface area (Å²) in [5.74, 6) is 1.64. The molecule has 0 bridgehead atoms. The lowest BCUT2D eigenvalue weighted by molar-refractivity contribution is 0.508. The van der Waals surface area contributed by atoms with E-state index in [2.05, 4.69) is 29.4 Å². The van der Waals surface area contributed by atoms with Gasteiger partial charge in [-0.15, -0.1) is 11.3 Å². The van der Waals surface area contributed by atoms with Crippen LogP contribution in [0.5, 0.6) is 0 Å². The minimum atomic E-state index is 0.597. The van der Waals surface area contributed by atoms with Crippen molar-refractivity contribution in [2.45, 2.75) is 37.6 Å². The second kappa shape index (κ2) is 5.26. The molecule has 0 N–H and O–H groups in total. The number of imidazole rings is 1. The van der Waals surface area contributed by atoms with Crippen LogP contribution in [0.1, 0.15) is 42.5 Å². The Hall–Kier alpha value is -2.02. The van der Waals surface area contributed by atoms with E-state index in [9.17, 15) is 0 Å². The maximum atomic E-state index is 4.61. The highest BCUT2D eigenvalue weighted by molar-refractivity contribution is 7.09. The van der Waals surface area contributed by atoms with E-state index in [1.54, 1.807) is 17.7 Å². The van der Waals surface area contributed by atoms with E-state index in [0.29, 0.717) is 12.0 Å². The van der Waals surface area contributed by atoms with Crippen molar-refractivity contribution >= 4 is 28.3 Å². The minimum absolute atomic E-state index is 0.597. The Bertz CT molecular complexity index is 814. The van der Waals surface area contributed by atoms with Crippen molar-refractivity contribution in [2.24, 2.45) is 0 Å². The van der Waals surface area contributed by atoms with Gasteiger partial charge >= 0.3 is 0 Å². The van der Waals surface area contributed by atoms with E-state index in [-0.39, 0.29) is 0 Å². The topological polar surface area (TPSA) is 59.7 Å². The van der Waals surface area contributed by atoms with Crippen LogP contribution >= 0.6 is 11.3 Å². The Morgan fingerprint density at radius 3 is 2.65 bits per heavy atom. The fraction of sp³-hybridized carbons (Fsp3) is 0.500. The van der Waals surface area contributed by atoms with Crippen LogP contribution in [-0.4, -0.2) is 37.6 Å². The molecule has 5 rings (SSSR count). The third kappa shape index (κ3) is 2.30. The smallest absolute Gasteiger partial charge is 0.165 e. The lowest BCUT2D eigenvalue weighted by Crippen LogP contribution is -2.33. The van der Waals surface area contributed by atoms with Gasteiger partial charge in [-0.1, -0.05) is 0 Å². The molecular formula is C16H18N6S. The molecule has 2 aliphatic rings. The molecule has 2 fully saturated rings. The summed E-state index contributed by atoms with van der Waals surface area (Å²) in [5, 5.41) is 0. The molecule has 3 aromatic rings. The molecule has 0 amide bonds. The van der Waals surface area contributed by atoms with E-state index in [1.165, 1.54) is 17.7 Å². The number of piperidine rings is 1. The zero-order valence-corrected chi connectivity index (χ0v) is 13.6. The van der Waals surface area contributed by atoms with Gasteiger partial charge in [0.2, 0.25) is 0 Å². The number of thiazole rings is 1. The van der Waals surface area contributed by atoms with Crippen LogP contribution in [0.15, 0.2) is 24.4 Å². The van der Waals surface area contributed by atoms with Crippen LogP contribution in [0.25, 0.3) is 11.2 Å². The summed E-state index contributed by atoms with van der Waals surface area (Å²) in [4.78, 5) is 21.6. The van der Waals surface area contributed by atoms with Gasteiger partial charge in [0, 0.05) is 30.2 Å². The minimum Gasteiger partial charge on any atom is -0.355 e. The first-order valence-corrected chi connectivity index (χ1v) is 9.09. The second-order valence-corrected chi connectivity index (χ2v) is 7.34. The van der Waals surface area contributed by atoms with Gasteiger partial charge in [-0.05, 0) is 31.6 Å². The molecule has 0 unspecified atom stereocenters. The molecular weight excluding hydrogens is 308 g/mol. The predicted molar refractivity (Wildman–Crippen MR) is 89.9 cm³/mol. The number of hydrogen-bond acceptors (Lipinski definition) is 6. The highest BCUT2D eigenvalue weighted by Gasteiger charge is 2.28. The van der Waals surface area contributed by atoms with Crippen LogP contribution in [0.4, 0.5) is 5.82 Å². The predicted octanol–water partition coefficient (Wildman–Crippen LogP) is 3.00. The molecule has 0 atom stereocenters. The SMILES string of the molecule is c1nc(N2CCC(c3cncs3)CC2)c2ncn(C3CC3)c2n1. The van der Waals surface area contributed by atoms with Crippen LogP contribution in [-0.2, 0) is 0 Å². The highest BCUT2D eigenvalue weighted by Crippen LogP contribution is 2.38. The van der Waals surface area contributed by atoms with Crippen molar-refractivity contribution < 1.29 is 0 Å². The van der Waals surface area contributed by atoms with Gasteiger partial charge in [-0.3, -0.25) is 4.98 Å². The van der Waals surface area contributed by atoms with Crippen LogP contribution in [0.2, 0.25) is 0 Å². The average molecular weight is 326 g/mol. The first-order chi connectivity index (χ1) is 11.4. The van der Waals surface area contributed by atoms with Crippen molar-refractivity contribution in [2.75, 3.05) is 18.0 Å². The monoisotopic (exact) mass is 326 g/mol. The standard InChI is InChI=1S/C16H18N6S/c1-2-12(1)22-9-20-14-15(18-8-19-16(14)22)21-5-3-11(4-6-21)13-7-17-10-23-13/h7-12H,1-6H2. The molecule has 1 saturated heterocycles. The molecule has 3 aromatic heterocycles. The summed E-state index contributed by atoms with van der Waals surface area (Å²) in [5.41, 5.74) is 3.87. The van der Waals surface area contributed by atoms with Crippen LogP contribution < -0.4 is 4.90 Å². The summed E-state index contributed by atoms with van der Waals surface area (Å²) in [6, 6.07) is 0.597. The van der Waals surface area contributed by atoms with Crippen molar-refractivity contribution in [1.29, 1.82) is 0 Å². The maximum absolute atomic E-state index is 4.61. The first kappa shape index (κ1) is 13.4. The molecule has 0 aromatic carbocycles. The number of rotatable bonds is 3. The van der Waals surface area contributed by atoms with Gasteiger partial charge in [0.15, 0.2) is 17.0 Å². The van der Waals surface area contributed by atoms with E-state index in [0.717, 1.165) is 42.9 Å². The Labute approximate surface area is 138 Å². The number of anilines is 1. The summed E-state index contributed by atoms with van der Waals surface area (Å²) >= 11 is 1.77. The van der Waals surface area contributed by atoms with Gasteiger partial charge in [0.1, 0.15) is 6.33 Å². The van der Waals surface area contributed by atoms with Gasteiger partial charge in [0.05, 0.1) is 11.8 Å². The molecule has 4 heterocycles. The normalized spacial score (nSPS) is 19.6. The quantitative estimate of drug-likeness (QED) is 0.740. The molecule has 1 aliphatic carbocycles. The van der Waals surface area contributed by atoms with E-state index < -0.39 is 0 Å². The first-order valence-electron chi connectivity index (χ1n) is 8.21. The fourth-order valence-corrected chi connectivity index (χ4v) is 4.29. The van der Waals surface area contributed by atoms with Crippen molar-refractivity contribution in [1.82, 2.24) is 24.5 Å².